The molecule has 13 heavy (non-hydrogen) atoms. The average molecular weight is 244 g/mol. The van der Waals surface area contributed by atoms with Crippen molar-refractivity contribution in [3.63, 3.8) is 0 Å². The molecule has 0 heterocycles. The van der Waals surface area contributed by atoms with E-state index in [4.69, 9.17) is 0 Å². The summed E-state index contributed by atoms with van der Waals surface area (Å²) in [6, 6.07) is 5.34. The molecule has 1 fully saturated rings. The normalized spacial score (nSPS) is 18.7. The van der Waals surface area contributed by atoms with Gasteiger partial charge >= 0.3 is 0 Å². The van der Waals surface area contributed by atoms with Gasteiger partial charge in [0.1, 0.15) is 5.82 Å². The fraction of sp³-hybridized carbons (Fsp3) is 0.400. The summed E-state index contributed by atoms with van der Waals surface area (Å²) in [5.74, 6) is -0.181. The highest BCUT2D eigenvalue weighted by molar-refractivity contribution is 9.10. The molecule has 0 aromatic heterocycles. The maximum absolute atomic E-state index is 13.2. The molecule has 0 atom stereocenters. The molecule has 0 saturated heterocycles. The third-order valence-electron chi connectivity index (χ3n) is 2.70. The smallest absolute Gasteiger partial charge is 0.137 e. The number of benzene rings is 1. The first-order valence-corrected chi connectivity index (χ1v) is 5.12. The molecule has 1 N–H and O–H groups in total. The molecular weight excluding hydrogens is 233 g/mol. The van der Waals surface area contributed by atoms with Gasteiger partial charge < -0.3 is 5.32 Å². The molecule has 1 aromatic carbocycles. The van der Waals surface area contributed by atoms with Crippen LogP contribution >= 0.6 is 15.9 Å². The highest BCUT2D eigenvalue weighted by atomic mass is 79.9. The summed E-state index contributed by atoms with van der Waals surface area (Å²) in [5.41, 5.74) is 1.11. The molecule has 1 nitrogen and oxygen atoms in total. The first-order valence-electron chi connectivity index (χ1n) is 4.32. The fourth-order valence-electron chi connectivity index (χ4n) is 1.60. The Labute approximate surface area is 85.5 Å². The van der Waals surface area contributed by atoms with Crippen molar-refractivity contribution in [1.82, 2.24) is 5.32 Å². The highest BCUT2D eigenvalue weighted by Crippen LogP contribution is 2.45. The molecule has 3 heteroatoms. The first-order chi connectivity index (χ1) is 6.18. The van der Waals surface area contributed by atoms with Gasteiger partial charge in [-0.15, -0.1) is 0 Å². The quantitative estimate of drug-likeness (QED) is 0.843. The van der Waals surface area contributed by atoms with Crippen LogP contribution in [-0.4, -0.2) is 7.05 Å². The lowest BCUT2D eigenvalue weighted by Crippen LogP contribution is -2.24. The minimum Gasteiger partial charge on any atom is -0.310 e. The Morgan fingerprint density at radius 2 is 2.15 bits per heavy atom. The van der Waals surface area contributed by atoms with Crippen LogP contribution in [0.5, 0.6) is 0 Å². The molecule has 0 radical (unpaired) electrons. The van der Waals surface area contributed by atoms with Crippen LogP contribution in [-0.2, 0) is 5.54 Å². The molecule has 1 saturated carbocycles. The van der Waals surface area contributed by atoms with Gasteiger partial charge in [0.15, 0.2) is 0 Å². The Morgan fingerprint density at radius 3 is 2.62 bits per heavy atom. The number of nitrogens with one attached hydrogen (secondary N) is 1. The van der Waals surface area contributed by atoms with Crippen molar-refractivity contribution in [2.24, 2.45) is 0 Å². The van der Waals surface area contributed by atoms with Gasteiger partial charge in [-0.2, -0.15) is 0 Å². The van der Waals surface area contributed by atoms with Crippen LogP contribution < -0.4 is 5.32 Å². The lowest BCUT2D eigenvalue weighted by Gasteiger charge is -2.14. The Hall–Kier alpha value is -0.410. The Morgan fingerprint density at radius 1 is 1.46 bits per heavy atom. The van der Waals surface area contributed by atoms with Crippen molar-refractivity contribution < 1.29 is 4.39 Å². The Bertz CT molecular complexity index is 334. The Balaban J connectivity index is 2.37. The van der Waals surface area contributed by atoms with Gasteiger partial charge in [0, 0.05) is 5.54 Å². The topological polar surface area (TPSA) is 12.0 Å². The van der Waals surface area contributed by atoms with Crippen molar-refractivity contribution in [2.75, 3.05) is 7.05 Å². The minimum atomic E-state index is -0.181. The molecule has 1 aromatic rings. The molecule has 1 aliphatic rings. The van der Waals surface area contributed by atoms with E-state index in [9.17, 15) is 4.39 Å². The van der Waals surface area contributed by atoms with E-state index in [1.165, 1.54) is 0 Å². The number of hydrogen-bond donors (Lipinski definition) is 1. The lowest BCUT2D eigenvalue weighted by atomic mass is 10.1. The van der Waals surface area contributed by atoms with E-state index >= 15 is 0 Å². The van der Waals surface area contributed by atoms with Crippen molar-refractivity contribution in [2.45, 2.75) is 18.4 Å². The van der Waals surface area contributed by atoms with Gasteiger partial charge in [-0.1, -0.05) is 6.07 Å². The predicted molar refractivity (Wildman–Crippen MR) is 54.1 cm³/mol. The second-order valence-electron chi connectivity index (χ2n) is 3.46. The third kappa shape index (κ3) is 1.51. The largest absolute Gasteiger partial charge is 0.310 e. The van der Waals surface area contributed by atoms with Crippen LogP contribution in [0.1, 0.15) is 18.4 Å². The van der Waals surface area contributed by atoms with E-state index in [0.717, 1.165) is 18.4 Å². The summed E-state index contributed by atoms with van der Waals surface area (Å²) in [7, 11) is 1.92. The molecule has 0 unspecified atom stereocenters. The van der Waals surface area contributed by atoms with Gasteiger partial charge in [0.2, 0.25) is 0 Å². The maximum atomic E-state index is 13.2. The summed E-state index contributed by atoms with van der Waals surface area (Å²) < 4.78 is 13.7. The molecule has 0 bridgehead atoms. The van der Waals surface area contributed by atoms with E-state index in [-0.39, 0.29) is 11.4 Å². The summed E-state index contributed by atoms with van der Waals surface area (Å²) in [6.45, 7) is 0. The zero-order valence-corrected chi connectivity index (χ0v) is 8.99. The molecule has 1 aliphatic carbocycles. The molecular formula is C10H11BrFN. The standard InChI is InChI=1S/C10H11BrFN/c1-13-10(4-5-10)7-2-3-8(11)9(12)6-7/h2-3,6,13H,4-5H2,1H3. The summed E-state index contributed by atoms with van der Waals surface area (Å²) in [5, 5.41) is 3.23. The van der Waals surface area contributed by atoms with Gasteiger partial charge in [0.25, 0.3) is 0 Å². The number of rotatable bonds is 2. The van der Waals surface area contributed by atoms with Gasteiger partial charge in [-0.3, -0.25) is 0 Å². The molecule has 70 valence electrons. The van der Waals surface area contributed by atoms with Crippen molar-refractivity contribution in [1.29, 1.82) is 0 Å². The third-order valence-corrected chi connectivity index (χ3v) is 3.34. The maximum Gasteiger partial charge on any atom is 0.137 e. The second kappa shape index (κ2) is 3.07. The Kier molecular flexibility index (Phi) is 2.16. The fourth-order valence-corrected chi connectivity index (χ4v) is 1.85. The zero-order chi connectivity index (χ0) is 9.47. The van der Waals surface area contributed by atoms with Crippen molar-refractivity contribution >= 4 is 15.9 Å². The molecule has 0 aliphatic heterocycles. The second-order valence-corrected chi connectivity index (χ2v) is 4.32. The molecule has 0 amide bonds. The van der Waals surface area contributed by atoms with Crippen LogP contribution in [0.25, 0.3) is 0 Å². The average Bonchev–Trinajstić information content (AvgIpc) is 2.90. The SMILES string of the molecule is CNC1(c2ccc(Br)c(F)c2)CC1. The van der Waals surface area contributed by atoms with Gasteiger partial charge in [-0.05, 0) is 53.5 Å². The first kappa shape index (κ1) is 9.16. The van der Waals surface area contributed by atoms with Crippen LogP contribution in [0, 0.1) is 5.82 Å². The van der Waals surface area contributed by atoms with E-state index in [2.05, 4.69) is 21.2 Å². The van der Waals surface area contributed by atoms with Crippen molar-refractivity contribution in [3.8, 4) is 0 Å². The number of halogens is 2. The van der Waals surface area contributed by atoms with Gasteiger partial charge in [0.05, 0.1) is 4.47 Å². The molecule has 2 rings (SSSR count). The van der Waals surface area contributed by atoms with E-state index < -0.39 is 0 Å². The minimum absolute atomic E-state index is 0.0571. The van der Waals surface area contributed by atoms with E-state index in [1.807, 2.05) is 13.1 Å². The molecule has 0 spiro atoms. The van der Waals surface area contributed by atoms with Gasteiger partial charge in [-0.25, -0.2) is 4.39 Å². The summed E-state index contributed by atoms with van der Waals surface area (Å²) in [4.78, 5) is 0. The summed E-state index contributed by atoms with van der Waals surface area (Å²) >= 11 is 3.14. The van der Waals surface area contributed by atoms with Crippen LogP contribution in [0.15, 0.2) is 22.7 Å². The lowest BCUT2D eigenvalue weighted by molar-refractivity contribution is 0.569. The van der Waals surface area contributed by atoms with Crippen molar-refractivity contribution in [3.05, 3.63) is 34.1 Å². The summed E-state index contributed by atoms with van der Waals surface area (Å²) in [6.07, 6.45) is 2.20. The van der Waals surface area contributed by atoms with E-state index in [1.54, 1.807) is 12.1 Å². The predicted octanol–water partition coefficient (Wildman–Crippen LogP) is 2.80. The van der Waals surface area contributed by atoms with Crippen LogP contribution in [0.4, 0.5) is 4.39 Å². The van der Waals surface area contributed by atoms with Crippen LogP contribution in [0.2, 0.25) is 0 Å². The highest BCUT2D eigenvalue weighted by Gasteiger charge is 2.42. The van der Waals surface area contributed by atoms with Crippen LogP contribution in [0.3, 0.4) is 0 Å². The number of hydrogen-bond acceptors (Lipinski definition) is 1. The van der Waals surface area contributed by atoms with E-state index in [0.29, 0.717) is 4.47 Å². The monoisotopic (exact) mass is 243 g/mol. The zero-order valence-electron chi connectivity index (χ0n) is 7.40.